The molecule has 2 aromatic heterocycles. The Kier molecular flexibility index (Phi) is 5.86. The van der Waals surface area contributed by atoms with Crippen molar-refractivity contribution in [2.24, 2.45) is 5.10 Å². The number of hydrogen-bond donors (Lipinski definition) is 1. The van der Waals surface area contributed by atoms with Gasteiger partial charge in [0.15, 0.2) is 9.71 Å². The number of nitrogens with zero attached hydrogens (tertiary/aromatic N) is 3. The maximum atomic E-state index is 5.41. The molecule has 1 aromatic carbocycles. The molecule has 0 N–H and O–H groups in total. The van der Waals surface area contributed by atoms with Gasteiger partial charge in [-0.05, 0) is 40.5 Å². The van der Waals surface area contributed by atoms with Crippen molar-refractivity contribution in [3.05, 3.63) is 50.9 Å². The van der Waals surface area contributed by atoms with Gasteiger partial charge in [0.2, 0.25) is 5.52 Å². The van der Waals surface area contributed by atoms with Gasteiger partial charge < -0.3 is 0 Å². The Morgan fingerprint density at radius 1 is 1.46 bits per heavy atom. The lowest BCUT2D eigenvalue weighted by atomic mass is 10.3. The summed E-state index contributed by atoms with van der Waals surface area (Å²) in [6, 6.07) is 10.3. The Labute approximate surface area is 164 Å². The summed E-state index contributed by atoms with van der Waals surface area (Å²) in [6.45, 7) is 3.09. The topological polar surface area (TPSA) is 21.2 Å². The highest BCUT2D eigenvalue weighted by Gasteiger charge is 2.26. The number of unbranched alkanes of at least 4 members (excludes halogenated alkanes) is 1. The van der Waals surface area contributed by atoms with Crippen molar-refractivity contribution < 1.29 is 4.57 Å². The summed E-state index contributed by atoms with van der Waals surface area (Å²) in [6.07, 6.45) is 4.07. The third kappa shape index (κ3) is 3.64. The smallest absolute Gasteiger partial charge is 0.220 e. The highest BCUT2D eigenvalue weighted by molar-refractivity contribution is 9.10. The molecule has 0 atom stereocenters. The monoisotopic (exact) mass is 438 g/mol. The predicted octanol–water partition coefficient (Wildman–Crippen LogP) is 5.04. The van der Waals surface area contributed by atoms with Crippen LogP contribution in [0.5, 0.6) is 0 Å². The van der Waals surface area contributed by atoms with E-state index in [4.69, 9.17) is 17.3 Å². The van der Waals surface area contributed by atoms with Crippen LogP contribution in [0, 0.1) is 0 Å². The summed E-state index contributed by atoms with van der Waals surface area (Å²) in [5.74, 6) is 0.856. The number of aryl methyl sites for hydroxylation is 1. The van der Waals surface area contributed by atoms with Crippen LogP contribution in [0.3, 0.4) is 0 Å². The second-order valence-corrected chi connectivity index (χ2v) is 8.36. The molecule has 0 saturated carbocycles. The van der Waals surface area contributed by atoms with Crippen LogP contribution in [0.1, 0.15) is 30.5 Å². The standard InChI is InChI=1S/C17H16BrN3S3/c1-2-3-8-20-14-6-4-5-7-15(14)21(16(20)17(22)23)19-10-13-9-12(18)11-24-13/h4-7,9-11H,2-3,8H2,1H3/p+1/b19-10+. The SMILES string of the molecule is CCCC[n+]1c(C(=S)S)n(/N=C/c2cc(Br)cs2)c2ccccc21. The van der Waals surface area contributed by atoms with Crippen molar-refractivity contribution >= 4 is 73.6 Å². The molecule has 0 radical (unpaired) electrons. The van der Waals surface area contributed by atoms with E-state index >= 15 is 0 Å². The largest absolute Gasteiger partial charge is 0.332 e. The highest BCUT2D eigenvalue weighted by Crippen LogP contribution is 2.20. The second kappa shape index (κ2) is 7.91. The van der Waals surface area contributed by atoms with Crippen LogP contribution in [0.4, 0.5) is 0 Å². The maximum absolute atomic E-state index is 5.41. The van der Waals surface area contributed by atoms with E-state index in [2.05, 4.69) is 52.2 Å². The average Bonchev–Trinajstić information content (AvgIpc) is 3.12. The summed E-state index contributed by atoms with van der Waals surface area (Å²) in [7, 11) is 0. The van der Waals surface area contributed by atoms with E-state index < -0.39 is 0 Å². The number of aromatic nitrogens is 2. The molecule has 124 valence electrons. The zero-order valence-electron chi connectivity index (χ0n) is 13.1. The van der Waals surface area contributed by atoms with E-state index in [9.17, 15) is 0 Å². The molecule has 0 saturated heterocycles. The molecule has 0 fully saturated rings. The first-order valence-corrected chi connectivity index (χ1v) is 10.2. The molecule has 0 bridgehead atoms. The molecule has 0 aliphatic rings. The zero-order chi connectivity index (χ0) is 17.1. The van der Waals surface area contributed by atoms with Gasteiger partial charge in [0.1, 0.15) is 0 Å². The third-order valence-electron chi connectivity index (χ3n) is 3.67. The molecule has 2 heterocycles. The predicted molar refractivity (Wildman–Crippen MR) is 113 cm³/mol. The highest BCUT2D eigenvalue weighted by atomic mass is 79.9. The van der Waals surface area contributed by atoms with Gasteiger partial charge in [0.25, 0.3) is 0 Å². The minimum absolute atomic E-state index is 0.548. The lowest BCUT2D eigenvalue weighted by Crippen LogP contribution is -2.39. The molecule has 7 heteroatoms. The van der Waals surface area contributed by atoms with E-state index in [1.807, 2.05) is 34.5 Å². The molecule has 3 nitrogen and oxygen atoms in total. The maximum Gasteiger partial charge on any atom is 0.332 e. The van der Waals surface area contributed by atoms with Crippen LogP contribution in [0.15, 0.2) is 45.3 Å². The number of hydrogen-bond acceptors (Lipinski definition) is 3. The fourth-order valence-electron chi connectivity index (χ4n) is 2.59. The molecule has 0 aliphatic heterocycles. The van der Waals surface area contributed by atoms with Crippen LogP contribution in [0.2, 0.25) is 0 Å². The average molecular weight is 439 g/mol. The van der Waals surface area contributed by atoms with E-state index in [1.165, 1.54) is 0 Å². The van der Waals surface area contributed by atoms with E-state index in [1.54, 1.807) is 11.3 Å². The van der Waals surface area contributed by atoms with Crippen molar-refractivity contribution in [1.29, 1.82) is 0 Å². The fraction of sp³-hybridized carbons (Fsp3) is 0.235. The molecule has 24 heavy (non-hydrogen) atoms. The van der Waals surface area contributed by atoms with Gasteiger partial charge in [-0.2, -0.15) is 0 Å². The summed E-state index contributed by atoms with van der Waals surface area (Å²) in [5, 5.41) is 6.73. The quantitative estimate of drug-likeness (QED) is 0.247. The molecule has 3 aromatic rings. The number of thiophene rings is 1. The Morgan fingerprint density at radius 2 is 2.25 bits per heavy atom. The van der Waals surface area contributed by atoms with Crippen molar-refractivity contribution in [1.82, 2.24) is 4.68 Å². The first-order chi connectivity index (χ1) is 11.6. The number of halogens is 1. The van der Waals surface area contributed by atoms with Gasteiger partial charge in [-0.15, -0.1) is 24.0 Å². The van der Waals surface area contributed by atoms with Gasteiger partial charge in [-0.3, -0.25) is 0 Å². The number of imidazole rings is 1. The third-order valence-corrected chi connectivity index (χ3v) is 5.68. The van der Waals surface area contributed by atoms with E-state index in [-0.39, 0.29) is 0 Å². The Balaban J connectivity index is 2.16. The summed E-state index contributed by atoms with van der Waals surface area (Å²) in [4.78, 5) is 1.08. The lowest BCUT2D eigenvalue weighted by molar-refractivity contribution is -0.673. The Morgan fingerprint density at radius 3 is 2.92 bits per heavy atom. The molecule has 0 spiro atoms. The number of thiol groups is 1. The fourth-order valence-corrected chi connectivity index (χ4v) is 4.30. The molecule has 3 rings (SSSR count). The lowest BCUT2D eigenvalue weighted by Gasteiger charge is -2.00. The Hall–Kier alpha value is -1.02. The minimum Gasteiger partial charge on any atom is -0.220 e. The molecular weight excluding hydrogens is 422 g/mol. The van der Waals surface area contributed by atoms with Crippen LogP contribution < -0.4 is 4.57 Å². The number of para-hydroxylation sites is 2. The van der Waals surface area contributed by atoms with Crippen LogP contribution >= 0.6 is 52.1 Å². The van der Waals surface area contributed by atoms with Crippen molar-refractivity contribution in [2.75, 3.05) is 0 Å². The van der Waals surface area contributed by atoms with Crippen molar-refractivity contribution in [2.45, 2.75) is 26.3 Å². The van der Waals surface area contributed by atoms with Crippen LogP contribution in [-0.4, -0.2) is 15.1 Å². The molecule has 0 amide bonds. The van der Waals surface area contributed by atoms with Gasteiger partial charge in [-0.1, -0.05) is 47.5 Å². The van der Waals surface area contributed by atoms with Crippen molar-refractivity contribution in [3.8, 4) is 0 Å². The summed E-state index contributed by atoms with van der Waals surface area (Å²) >= 11 is 15.0. The first-order valence-electron chi connectivity index (χ1n) is 7.66. The summed E-state index contributed by atoms with van der Waals surface area (Å²) in [5.41, 5.74) is 2.16. The summed E-state index contributed by atoms with van der Waals surface area (Å²) < 4.78 is 5.73. The zero-order valence-corrected chi connectivity index (χ0v) is 17.3. The van der Waals surface area contributed by atoms with Gasteiger partial charge in [0, 0.05) is 9.85 Å². The van der Waals surface area contributed by atoms with E-state index in [0.717, 1.165) is 45.6 Å². The van der Waals surface area contributed by atoms with Gasteiger partial charge >= 0.3 is 5.82 Å². The number of fused-ring (bicyclic) bond motifs is 1. The Bertz CT molecular complexity index is 911. The van der Waals surface area contributed by atoms with Crippen LogP contribution in [-0.2, 0) is 6.54 Å². The molecule has 0 unspecified atom stereocenters. The second-order valence-electron chi connectivity index (χ2n) is 5.35. The minimum atomic E-state index is 0.548. The number of thiocarbonyl (C=S) groups is 1. The van der Waals surface area contributed by atoms with Crippen LogP contribution in [0.25, 0.3) is 11.0 Å². The van der Waals surface area contributed by atoms with Crippen molar-refractivity contribution in [3.63, 3.8) is 0 Å². The molecular formula is C17H17BrN3S3+. The number of rotatable bonds is 6. The first kappa shape index (κ1) is 17.8. The van der Waals surface area contributed by atoms with E-state index in [0.29, 0.717) is 4.20 Å². The number of benzene rings is 1. The van der Waals surface area contributed by atoms with Gasteiger partial charge in [-0.25, -0.2) is 4.57 Å². The van der Waals surface area contributed by atoms with Gasteiger partial charge in [0.05, 0.1) is 17.6 Å². The molecule has 0 aliphatic carbocycles. The normalized spacial score (nSPS) is 11.6.